The van der Waals surface area contributed by atoms with Crippen LogP contribution in [0.25, 0.3) is 0 Å². The fourth-order valence-corrected chi connectivity index (χ4v) is 2.12. The maximum Gasteiger partial charge on any atom is 0.289 e. The quantitative estimate of drug-likeness (QED) is 0.722. The van der Waals surface area contributed by atoms with Gasteiger partial charge in [0.05, 0.1) is 19.2 Å². The molecule has 0 aliphatic heterocycles. The average Bonchev–Trinajstić information content (AvgIpc) is 2.60. The van der Waals surface area contributed by atoms with Crippen LogP contribution in [-0.4, -0.2) is 31.9 Å². The zero-order valence-electron chi connectivity index (χ0n) is 15.1. The molecule has 0 heterocycles. The predicted octanol–water partition coefficient (Wildman–Crippen LogP) is 2.86. The van der Waals surface area contributed by atoms with Crippen LogP contribution in [0.15, 0.2) is 24.3 Å². The number of carbonyl (C=O) groups is 2. The van der Waals surface area contributed by atoms with Gasteiger partial charge < -0.3 is 15.4 Å². The van der Waals surface area contributed by atoms with Crippen LogP contribution in [0, 0.1) is 0 Å². The van der Waals surface area contributed by atoms with Gasteiger partial charge in [-0.15, -0.1) is 0 Å². The summed E-state index contributed by atoms with van der Waals surface area (Å²) in [7, 11) is 3.28. The molecule has 2 unspecified atom stereocenters. The highest BCUT2D eigenvalue weighted by Crippen LogP contribution is 2.18. The lowest BCUT2D eigenvalue weighted by molar-refractivity contribution is -0.139. The minimum Gasteiger partial charge on any atom is -0.497 e. The second-order valence-electron chi connectivity index (χ2n) is 4.97. The molecule has 1 aromatic carbocycles. The zero-order chi connectivity index (χ0) is 17.8. The van der Waals surface area contributed by atoms with Gasteiger partial charge in [-0.05, 0) is 38.1 Å². The van der Waals surface area contributed by atoms with Crippen LogP contribution in [0.5, 0.6) is 5.75 Å². The predicted molar refractivity (Wildman–Crippen MR) is 93.7 cm³/mol. The van der Waals surface area contributed by atoms with Gasteiger partial charge in [0.15, 0.2) is 0 Å². The van der Waals surface area contributed by atoms with Crippen molar-refractivity contribution < 1.29 is 14.3 Å². The van der Waals surface area contributed by atoms with Crippen molar-refractivity contribution in [1.82, 2.24) is 10.6 Å². The van der Waals surface area contributed by atoms with Crippen LogP contribution < -0.4 is 15.4 Å². The summed E-state index contributed by atoms with van der Waals surface area (Å²) < 4.78 is 5.16. The SMILES string of the molecule is CC.CCCC(NC)C(=O)C(=O)NC(C)c1cccc(OC)c1. The summed E-state index contributed by atoms with van der Waals surface area (Å²) in [6.07, 6.45) is 1.49. The Balaban J connectivity index is 0.00000232. The van der Waals surface area contributed by atoms with E-state index in [2.05, 4.69) is 10.6 Å². The highest BCUT2D eigenvalue weighted by Gasteiger charge is 2.24. The first-order chi connectivity index (χ1) is 11.0. The molecule has 130 valence electrons. The molecule has 5 nitrogen and oxygen atoms in total. The molecule has 0 aliphatic rings. The molecule has 2 atom stereocenters. The highest BCUT2D eigenvalue weighted by atomic mass is 16.5. The van der Waals surface area contributed by atoms with Crippen molar-refractivity contribution in [2.45, 2.75) is 52.6 Å². The number of likely N-dealkylation sites (N-methyl/N-ethyl adjacent to an activating group) is 1. The van der Waals surface area contributed by atoms with Gasteiger partial charge in [0.2, 0.25) is 5.78 Å². The number of ether oxygens (including phenoxy) is 1. The molecule has 0 saturated carbocycles. The summed E-state index contributed by atoms with van der Waals surface area (Å²) in [6.45, 7) is 7.82. The Hall–Kier alpha value is -1.88. The summed E-state index contributed by atoms with van der Waals surface area (Å²) >= 11 is 0. The zero-order valence-corrected chi connectivity index (χ0v) is 15.1. The third-order valence-electron chi connectivity index (χ3n) is 3.41. The van der Waals surface area contributed by atoms with Crippen LogP contribution >= 0.6 is 0 Å². The van der Waals surface area contributed by atoms with Gasteiger partial charge in [0.25, 0.3) is 5.91 Å². The molecule has 0 spiro atoms. The molecule has 5 heteroatoms. The first kappa shape index (κ1) is 21.1. The van der Waals surface area contributed by atoms with E-state index >= 15 is 0 Å². The number of rotatable bonds is 8. The van der Waals surface area contributed by atoms with Crippen molar-refractivity contribution in [2.75, 3.05) is 14.2 Å². The molecule has 1 amide bonds. The number of benzene rings is 1. The molecular formula is C18H30N2O3. The minimum atomic E-state index is -0.557. The Labute approximate surface area is 139 Å². The summed E-state index contributed by atoms with van der Waals surface area (Å²) in [5.41, 5.74) is 0.895. The van der Waals surface area contributed by atoms with E-state index in [0.29, 0.717) is 6.42 Å². The molecule has 0 aromatic heterocycles. The molecule has 1 aromatic rings. The van der Waals surface area contributed by atoms with E-state index in [4.69, 9.17) is 4.74 Å². The Morgan fingerprint density at radius 3 is 2.43 bits per heavy atom. The van der Waals surface area contributed by atoms with Crippen LogP contribution in [0.1, 0.15) is 52.1 Å². The third kappa shape index (κ3) is 6.82. The number of methoxy groups -OCH3 is 1. The van der Waals surface area contributed by atoms with Gasteiger partial charge in [-0.1, -0.05) is 39.3 Å². The molecule has 0 fully saturated rings. The molecule has 0 saturated heterocycles. The van der Waals surface area contributed by atoms with Crippen molar-refractivity contribution >= 4 is 11.7 Å². The van der Waals surface area contributed by atoms with Gasteiger partial charge in [-0.25, -0.2) is 0 Å². The van der Waals surface area contributed by atoms with Crippen molar-refractivity contribution in [1.29, 1.82) is 0 Å². The van der Waals surface area contributed by atoms with E-state index in [9.17, 15) is 9.59 Å². The molecule has 0 bridgehead atoms. The van der Waals surface area contributed by atoms with Crippen molar-refractivity contribution in [3.8, 4) is 5.75 Å². The lowest BCUT2D eigenvalue weighted by atomic mass is 10.0. The number of hydrogen-bond acceptors (Lipinski definition) is 4. The number of ketones is 1. The standard InChI is InChI=1S/C16H24N2O3.C2H6/c1-5-7-14(17-3)15(19)16(20)18-11(2)12-8-6-9-13(10-12)21-4;1-2/h6,8-11,14,17H,5,7H2,1-4H3,(H,18,20);1-2H3. The van der Waals surface area contributed by atoms with E-state index in [-0.39, 0.29) is 6.04 Å². The molecule has 0 radical (unpaired) electrons. The van der Waals surface area contributed by atoms with Gasteiger partial charge in [-0.3, -0.25) is 9.59 Å². The minimum absolute atomic E-state index is 0.254. The monoisotopic (exact) mass is 322 g/mol. The lowest BCUT2D eigenvalue weighted by Gasteiger charge is -2.17. The van der Waals surface area contributed by atoms with Crippen molar-refractivity contribution in [3.63, 3.8) is 0 Å². The molecule has 23 heavy (non-hydrogen) atoms. The summed E-state index contributed by atoms with van der Waals surface area (Å²) in [5, 5.41) is 5.62. The number of nitrogens with one attached hydrogen (secondary N) is 2. The molecular weight excluding hydrogens is 292 g/mol. The van der Waals surface area contributed by atoms with Crippen molar-refractivity contribution in [3.05, 3.63) is 29.8 Å². The largest absolute Gasteiger partial charge is 0.497 e. The second-order valence-corrected chi connectivity index (χ2v) is 4.97. The van der Waals surface area contributed by atoms with Crippen molar-refractivity contribution in [2.24, 2.45) is 0 Å². The van der Waals surface area contributed by atoms with Gasteiger partial charge in [0, 0.05) is 0 Å². The maximum absolute atomic E-state index is 12.1. The smallest absolute Gasteiger partial charge is 0.289 e. The van der Waals surface area contributed by atoms with Gasteiger partial charge in [-0.2, -0.15) is 0 Å². The van der Waals surface area contributed by atoms with E-state index in [1.165, 1.54) is 0 Å². The third-order valence-corrected chi connectivity index (χ3v) is 3.41. The van der Waals surface area contributed by atoms with Gasteiger partial charge in [0.1, 0.15) is 5.75 Å². The van der Waals surface area contributed by atoms with E-state index < -0.39 is 17.7 Å². The number of carbonyl (C=O) groups excluding carboxylic acids is 2. The Kier molecular flexibility index (Phi) is 10.7. The number of hydrogen-bond donors (Lipinski definition) is 2. The first-order valence-electron chi connectivity index (χ1n) is 8.19. The molecule has 2 N–H and O–H groups in total. The highest BCUT2D eigenvalue weighted by molar-refractivity contribution is 6.38. The first-order valence-corrected chi connectivity index (χ1v) is 8.19. The summed E-state index contributed by atoms with van der Waals surface area (Å²) in [6, 6.07) is 6.74. The fraction of sp³-hybridized carbons (Fsp3) is 0.556. The van der Waals surface area contributed by atoms with Crippen LogP contribution in [0.2, 0.25) is 0 Å². The fourth-order valence-electron chi connectivity index (χ4n) is 2.12. The van der Waals surface area contributed by atoms with E-state index in [1.807, 2.05) is 52.0 Å². The Morgan fingerprint density at radius 2 is 1.91 bits per heavy atom. The van der Waals surface area contributed by atoms with Crippen LogP contribution in [-0.2, 0) is 9.59 Å². The Morgan fingerprint density at radius 1 is 1.26 bits per heavy atom. The van der Waals surface area contributed by atoms with E-state index in [0.717, 1.165) is 17.7 Å². The second kappa shape index (κ2) is 11.7. The number of Topliss-reactive ketones (excluding diaryl/α,β-unsaturated/α-hetero) is 1. The number of amides is 1. The summed E-state index contributed by atoms with van der Waals surface area (Å²) in [4.78, 5) is 24.1. The molecule has 1 rings (SSSR count). The van der Waals surface area contributed by atoms with Crippen LogP contribution in [0.3, 0.4) is 0 Å². The average molecular weight is 322 g/mol. The van der Waals surface area contributed by atoms with Gasteiger partial charge >= 0.3 is 0 Å². The summed E-state index contributed by atoms with van der Waals surface area (Å²) in [5.74, 6) is -0.258. The normalized spacial score (nSPS) is 12.4. The topological polar surface area (TPSA) is 67.4 Å². The van der Waals surface area contributed by atoms with E-state index in [1.54, 1.807) is 14.2 Å². The van der Waals surface area contributed by atoms with Crippen LogP contribution in [0.4, 0.5) is 0 Å². The maximum atomic E-state index is 12.1. The Bertz CT molecular complexity index is 489. The molecule has 0 aliphatic carbocycles. The lowest BCUT2D eigenvalue weighted by Crippen LogP contribution is -2.44.